The Balaban J connectivity index is 1.63. The molecule has 4 aromatic rings. The molecule has 9 nitrogen and oxygen atoms in total. The summed E-state index contributed by atoms with van der Waals surface area (Å²) >= 11 is 0. The molecular weight excluding hydrogens is 384 g/mol. The molecule has 0 aliphatic carbocycles. The summed E-state index contributed by atoms with van der Waals surface area (Å²) in [5, 5.41) is 18.8. The maximum atomic E-state index is 11.8. The van der Waals surface area contributed by atoms with Gasteiger partial charge in [0.25, 0.3) is 0 Å². The predicted octanol–water partition coefficient (Wildman–Crippen LogP) is 4.30. The molecular formula is C21H18N6O3. The van der Waals surface area contributed by atoms with Gasteiger partial charge < -0.3 is 15.4 Å². The lowest BCUT2D eigenvalue weighted by Crippen LogP contribution is -2.08. The Morgan fingerprint density at radius 1 is 1.00 bits per heavy atom. The molecule has 0 aliphatic rings. The summed E-state index contributed by atoms with van der Waals surface area (Å²) < 4.78 is 5.14. The van der Waals surface area contributed by atoms with Crippen molar-refractivity contribution < 1.29 is 9.66 Å². The molecule has 0 unspecified atom stereocenters. The van der Waals surface area contributed by atoms with Crippen LogP contribution in [0.25, 0.3) is 10.9 Å². The van der Waals surface area contributed by atoms with Crippen LogP contribution in [0.3, 0.4) is 0 Å². The molecule has 4 rings (SSSR count). The number of fused-ring (bicyclic) bond motifs is 1. The van der Waals surface area contributed by atoms with Crippen molar-refractivity contribution in [1.82, 2.24) is 15.0 Å². The summed E-state index contributed by atoms with van der Waals surface area (Å²) in [6.07, 6.45) is 2.95. The third-order valence-electron chi connectivity index (χ3n) is 4.51. The molecule has 0 saturated heterocycles. The maximum absolute atomic E-state index is 11.8. The number of aromatic nitrogens is 3. The third kappa shape index (κ3) is 3.95. The fraction of sp³-hybridized carbons (Fsp3) is 0.0952. The van der Waals surface area contributed by atoms with Gasteiger partial charge in [0.05, 0.1) is 23.2 Å². The van der Waals surface area contributed by atoms with Crippen molar-refractivity contribution in [2.24, 2.45) is 0 Å². The smallest absolute Gasteiger partial charge is 0.353 e. The molecule has 0 aliphatic heterocycles. The van der Waals surface area contributed by atoms with Crippen molar-refractivity contribution >= 4 is 33.9 Å². The second-order valence-corrected chi connectivity index (χ2v) is 6.38. The van der Waals surface area contributed by atoms with Gasteiger partial charge in [-0.3, -0.25) is 15.1 Å². The van der Waals surface area contributed by atoms with E-state index in [1.165, 1.54) is 6.33 Å². The van der Waals surface area contributed by atoms with Gasteiger partial charge in [-0.1, -0.05) is 30.3 Å². The van der Waals surface area contributed by atoms with E-state index in [4.69, 9.17) is 4.74 Å². The molecule has 0 fully saturated rings. The molecule has 150 valence electrons. The van der Waals surface area contributed by atoms with E-state index in [-0.39, 0.29) is 17.3 Å². The van der Waals surface area contributed by atoms with E-state index in [9.17, 15) is 10.1 Å². The highest BCUT2D eigenvalue weighted by molar-refractivity contribution is 5.92. The molecule has 2 heterocycles. The molecule has 0 spiro atoms. The standard InChI is InChI=1S/C21H18N6O3/c1-30-16-9-7-14(8-10-16)12-23-20-19(27(28)29)21(25-13-24-20)26-17-6-2-4-15-5-3-11-22-18(15)17/h2-11,13H,12H2,1H3,(H2,23,24,25,26). The first-order chi connectivity index (χ1) is 14.7. The number of benzene rings is 2. The summed E-state index contributed by atoms with van der Waals surface area (Å²) in [4.78, 5) is 23.8. The minimum atomic E-state index is -0.503. The van der Waals surface area contributed by atoms with Gasteiger partial charge in [-0.15, -0.1) is 0 Å². The van der Waals surface area contributed by atoms with Crippen LogP contribution in [0, 0.1) is 10.1 Å². The van der Waals surface area contributed by atoms with E-state index in [1.54, 1.807) is 19.4 Å². The van der Waals surface area contributed by atoms with Gasteiger partial charge in [0, 0.05) is 18.1 Å². The summed E-state index contributed by atoms with van der Waals surface area (Å²) in [7, 11) is 1.59. The SMILES string of the molecule is COc1ccc(CNc2ncnc(Nc3cccc4cccnc34)c2[N+](=O)[O-])cc1. The largest absolute Gasteiger partial charge is 0.497 e. The monoisotopic (exact) mass is 402 g/mol. The predicted molar refractivity (Wildman–Crippen MR) is 114 cm³/mol. The number of pyridine rings is 1. The van der Waals surface area contributed by atoms with E-state index in [2.05, 4.69) is 25.6 Å². The van der Waals surface area contributed by atoms with Crippen LogP contribution in [0.1, 0.15) is 5.56 Å². The molecule has 9 heteroatoms. The van der Waals surface area contributed by atoms with E-state index >= 15 is 0 Å². The lowest BCUT2D eigenvalue weighted by atomic mass is 10.2. The number of nitrogens with zero attached hydrogens (tertiary/aromatic N) is 4. The zero-order chi connectivity index (χ0) is 20.9. The lowest BCUT2D eigenvalue weighted by molar-refractivity contribution is -0.383. The Labute approximate surface area is 171 Å². The summed E-state index contributed by atoms with van der Waals surface area (Å²) in [5.74, 6) is 0.953. The van der Waals surface area contributed by atoms with Crippen molar-refractivity contribution in [3.05, 3.63) is 82.8 Å². The number of hydrogen-bond donors (Lipinski definition) is 2. The maximum Gasteiger partial charge on any atom is 0.353 e. The fourth-order valence-corrected chi connectivity index (χ4v) is 3.03. The topological polar surface area (TPSA) is 115 Å². The first-order valence-corrected chi connectivity index (χ1v) is 9.12. The Hall–Kier alpha value is -4.27. The zero-order valence-corrected chi connectivity index (χ0v) is 16.1. The normalized spacial score (nSPS) is 10.6. The van der Waals surface area contributed by atoms with Gasteiger partial charge in [-0.2, -0.15) is 0 Å². The van der Waals surface area contributed by atoms with Crippen molar-refractivity contribution in [2.75, 3.05) is 17.7 Å². The number of methoxy groups -OCH3 is 1. The highest BCUT2D eigenvalue weighted by atomic mass is 16.6. The van der Waals surface area contributed by atoms with Crippen LogP contribution in [-0.4, -0.2) is 27.0 Å². The van der Waals surface area contributed by atoms with Crippen LogP contribution < -0.4 is 15.4 Å². The van der Waals surface area contributed by atoms with Crippen LogP contribution in [0.2, 0.25) is 0 Å². The van der Waals surface area contributed by atoms with Gasteiger partial charge in [-0.05, 0) is 29.8 Å². The fourth-order valence-electron chi connectivity index (χ4n) is 3.03. The second-order valence-electron chi connectivity index (χ2n) is 6.38. The van der Waals surface area contributed by atoms with Crippen molar-refractivity contribution in [3.8, 4) is 5.75 Å². The van der Waals surface area contributed by atoms with Gasteiger partial charge in [0.2, 0.25) is 11.6 Å². The molecule has 0 amide bonds. The molecule has 30 heavy (non-hydrogen) atoms. The van der Waals surface area contributed by atoms with Gasteiger partial charge >= 0.3 is 5.69 Å². The van der Waals surface area contributed by atoms with Crippen LogP contribution in [0.4, 0.5) is 23.0 Å². The molecule has 2 aromatic heterocycles. The van der Waals surface area contributed by atoms with E-state index in [1.807, 2.05) is 48.5 Å². The summed E-state index contributed by atoms with van der Waals surface area (Å²) in [5.41, 5.74) is 2.01. The van der Waals surface area contributed by atoms with Gasteiger partial charge in [-0.25, -0.2) is 9.97 Å². The minimum absolute atomic E-state index is 0.0883. The van der Waals surface area contributed by atoms with Crippen molar-refractivity contribution in [2.45, 2.75) is 6.54 Å². The number of rotatable bonds is 7. The Morgan fingerprint density at radius 2 is 1.77 bits per heavy atom. The number of anilines is 3. The van der Waals surface area contributed by atoms with E-state index < -0.39 is 4.92 Å². The van der Waals surface area contributed by atoms with Crippen molar-refractivity contribution in [1.29, 1.82) is 0 Å². The average Bonchev–Trinajstić information content (AvgIpc) is 2.78. The van der Waals surface area contributed by atoms with E-state index in [0.717, 1.165) is 16.7 Å². The van der Waals surface area contributed by atoms with Crippen LogP contribution in [0.15, 0.2) is 67.1 Å². The first-order valence-electron chi connectivity index (χ1n) is 9.12. The number of para-hydroxylation sites is 1. The van der Waals surface area contributed by atoms with Crippen LogP contribution in [-0.2, 0) is 6.54 Å². The minimum Gasteiger partial charge on any atom is -0.497 e. The lowest BCUT2D eigenvalue weighted by Gasteiger charge is -2.11. The van der Waals surface area contributed by atoms with Gasteiger partial charge in [0.15, 0.2) is 0 Å². The highest BCUT2D eigenvalue weighted by Gasteiger charge is 2.23. The summed E-state index contributed by atoms with van der Waals surface area (Å²) in [6.45, 7) is 0.358. The average molecular weight is 402 g/mol. The third-order valence-corrected chi connectivity index (χ3v) is 4.51. The van der Waals surface area contributed by atoms with E-state index in [0.29, 0.717) is 17.7 Å². The van der Waals surface area contributed by atoms with Gasteiger partial charge in [0.1, 0.15) is 12.1 Å². The quantitative estimate of drug-likeness (QED) is 0.347. The summed E-state index contributed by atoms with van der Waals surface area (Å²) in [6, 6.07) is 16.7. The molecule has 0 bridgehead atoms. The molecule has 0 saturated carbocycles. The van der Waals surface area contributed by atoms with Crippen molar-refractivity contribution in [3.63, 3.8) is 0 Å². The number of nitrogens with one attached hydrogen (secondary N) is 2. The zero-order valence-electron chi connectivity index (χ0n) is 16.1. The van der Waals surface area contributed by atoms with Crippen LogP contribution in [0.5, 0.6) is 5.75 Å². The highest BCUT2D eigenvalue weighted by Crippen LogP contribution is 2.33. The van der Waals surface area contributed by atoms with Crippen LogP contribution >= 0.6 is 0 Å². The molecule has 2 aromatic carbocycles. The number of nitro groups is 1. The molecule has 2 N–H and O–H groups in total. The first kappa shape index (κ1) is 19.1. The molecule has 0 radical (unpaired) electrons. The molecule has 0 atom stereocenters. The Bertz CT molecular complexity index is 1190. The number of hydrogen-bond acceptors (Lipinski definition) is 8. The Kier molecular flexibility index (Phi) is 5.33. The Morgan fingerprint density at radius 3 is 2.53 bits per heavy atom. The number of ether oxygens (including phenoxy) is 1. The second kappa shape index (κ2) is 8.39.